The van der Waals surface area contributed by atoms with Crippen molar-refractivity contribution < 1.29 is 32.6 Å². The van der Waals surface area contributed by atoms with Crippen molar-refractivity contribution in [3.63, 3.8) is 0 Å². The van der Waals surface area contributed by atoms with Crippen molar-refractivity contribution in [2.24, 2.45) is 11.3 Å². The molecule has 3 heterocycles. The van der Waals surface area contributed by atoms with Crippen molar-refractivity contribution >= 4 is 29.2 Å². The van der Waals surface area contributed by atoms with E-state index >= 15 is 0 Å². The van der Waals surface area contributed by atoms with E-state index in [1.54, 1.807) is 27.1 Å². The summed E-state index contributed by atoms with van der Waals surface area (Å²) in [6.07, 6.45) is -1.38. The van der Waals surface area contributed by atoms with Gasteiger partial charge in [0.2, 0.25) is 0 Å². The largest absolute Gasteiger partial charge is 0.494 e. The Bertz CT molecular complexity index is 1310. The average Bonchev–Trinajstić information content (AvgIpc) is 2.96. The first-order chi connectivity index (χ1) is 20.2. The zero-order valence-electron chi connectivity index (χ0n) is 25.1. The number of hydrogen-bond acceptors (Lipinski definition) is 6. The van der Waals surface area contributed by atoms with E-state index in [1.165, 1.54) is 17.0 Å². The quantitative estimate of drug-likeness (QED) is 0.389. The number of alkyl halides is 3. The van der Waals surface area contributed by atoms with Crippen molar-refractivity contribution in [3.05, 3.63) is 52.7 Å². The molecule has 0 saturated carbocycles. The SMILES string of the molecule is CCOc1cccc([C@@](O)(C(=O)N2CCC(C)(CC3CCN(c4ccc(C(=O)N(C)C)c(Cl)n4)CC3)CC2)C(F)(F)F)c1. The van der Waals surface area contributed by atoms with Gasteiger partial charge in [-0.3, -0.25) is 9.59 Å². The highest BCUT2D eigenvalue weighted by molar-refractivity contribution is 6.32. The zero-order valence-corrected chi connectivity index (χ0v) is 25.8. The highest BCUT2D eigenvalue weighted by atomic mass is 35.5. The molecule has 0 spiro atoms. The summed E-state index contributed by atoms with van der Waals surface area (Å²) in [6.45, 7) is 5.89. The molecule has 43 heavy (non-hydrogen) atoms. The molecule has 0 bridgehead atoms. The van der Waals surface area contributed by atoms with Crippen molar-refractivity contribution in [1.82, 2.24) is 14.8 Å². The van der Waals surface area contributed by atoms with Crippen LogP contribution in [-0.4, -0.2) is 84.8 Å². The summed E-state index contributed by atoms with van der Waals surface area (Å²) >= 11 is 6.31. The second-order valence-corrected chi connectivity index (χ2v) is 12.5. The molecule has 12 heteroatoms. The predicted molar refractivity (Wildman–Crippen MR) is 158 cm³/mol. The van der Waals surface area contributed by atoms with Crippen molar-refractivity contribution in [1.29, 1.82) is 0 Å². The van der Waals surface area contributed by atoms with Gasteiger partial charge in [-0.15, -0.1) is 0 Å². The molecule has 0 aliphatic carbocycles. The van der Waals surface area contributed by atoms with Gasteiger partial charge >= 0.3 is 6.18 Å². The standard InChI is InChI=1S/C31H40ClF3N4O4/c1-5-43-23-8-6-7-22(19-23)30(42,31(33,34)35)28(41)39-17-13-29(2,14-18-39)20-21-11-15-38(16-12-21)25-10-9-24(26(32)36-25)27(40)37(3)4/h6-10,19,21,42H,5,11-18,20H2,1-4H3/t30-/m1/s1. The van der Waals surface area contributed by atoms with Crippen LogP contribution in [0.3, 0.4) is 0 Å². The second-order valence-electron chi connectivity index (χ2n) is 12.1. The minimum Gasteiger partial charge on any atom is -0.494 e. The van der Waals surface area contributed by atoms with Crippen LogP contribution in [0.15, 0.2) is 36.4 Å². The molecule has 2 fully saturated rings. The average molecular weight is 625 g/mol. The zero-order chi connectivity index (χ0) is 31.6. The molecule has 0 radical (unpaired) electrons. The number of anilines is 1. The Hall–Kier alpha value is -3.05. The highest BCUT2D eigenvalue weighted by Gasteiger charge is 2.62. The van der Waals surface area contributed by atoms with Gasteiger partial charge in [0.1, 0.15) is 16.7 Å². The number of aliphatic hydroxyl groups is 1. The van der Waals surface area contributed by atoms with E-state index in [0.29, 0.717) is 24.3 Å². The molecule has 1 atom stereocenters. The Morgan fingerprint density at radius 2 is 1.77 bits per heavy atom. The smallest absolute Gasteiger partial charge is 0.430 e. The summed E-state index contributed by atoms with van der Waals surface area (Å²) in [4.78, 5) is 34.8. The van der Waals surface area contributed by atoms with Crippen molar-refractivity contribution in [2.45, 2.75) is 57.7 Å². The molecular weight excluding hydrogens is 585 g/mol. The third-order valence-electron chi connectivity index (χ3n) is 8.73. The number of aromatic nitrogens is 1. The lowest BCUT2D eigenvalue weighted by Crippen LogP contribution is -2.57. The number of likely N-dealkylation sites (tertiary alicyclic amines) is 1. The first-order valence-electron chi connectivity index (χ1n) is 14.6. The number of carbonyl (C=O) groups is 2. The highest BCUT2D eigenvalue weighted by Crippen LogP contribution is 2.45. The fraction of sp³-hybridized carbons (Fsp3) is 0.581. The van der Waals surface area contributed by atoms with Crippen LogP contribution in [0.4, 0.5) is 19.0 Å². The molecule has 8 nitrogen and oxygen atoms in total. The molecule has 1 aromatic heterocycles. The van der Waals surface area contributed by atoms with Gasteiger partial charge in [-0.25, -0.2) is 4.98 Å². The van der Waals surface area contributed by atoms with Crippen molar-refractivity contribution in [3.8, 4) is 5.75 Å². The lowest BCUT2D eigenvalue weighted by Gasteiger charge is -2.44. The van der Waals surface area contributed by atoms with Gasteiger partial charge in [0.25, 0.3) is 17.4 Å². The fourth-order valence-electron chi connectivity index (χ4n) is 6.13. The number of hydrogen-bond donors (Lipinski definition) is 1. The third-order valence-corrected chi connectivity index (χ3v) is 9.02. The number of rotatable bonds is 8. The van der Waals surface area contributed by atoms with Crippen LogP contribution < -0.4 is 9.64 Å². The molecule has 1 N–H and O–H groups in total. The molecular formula is C31H40ClF3N4O4. The number of nitrogens with zero attached hydrogens (tertiary/aromatic N) is 4. The molecule has 2 amide bonds. The first-order valence-corrected chi connectivity index (χ1v) is 15.0. The van der Waals surface area contributed by atoms with Crippen LogP contribution in [0.5, 0.6) is 5.75 Å². The van der Waals surface area contributed by atoms with E-state index in [-0.39, 0.29) is 41.9 Å². The molecule has 236 valence electrons. The minimum atomic E-state index is -5.20. The topological polar surface area (TPSA) is 86.2 Å². The number of piperidine rings is 2. The molecule has 2 aromatic rings. The Balaban J connectivity index is 1.35. The number of carbonyl (C=O) groups excluding carboxylic acids is 2. The maximum Gasteiger partial charge on any atom is 0.430 e. The number of pyridine rings is 1. The van der Waals surface area contributed by atoms with Gasteiger partial charge in [0, 0.05) is 45.8 Å². The normalized spacial score (nSPS) is 19.1. The van der Waals surface area contributed by atoms with Crippen LogP contribution in [0.25, 0.3) is 0 Å². The van der Waals surface area contributed by atoms with E-state index in [0.717, 1.165) is 55.2 Å². The van der Waals surface area contributed by atoms with Crippen LogP contribution in [0.2, 0.25) is 5.15 Å². The maximum absolute atomic E-state index is 14.3. The van der Waals surface area contributed by atoms with Gasteiger partial charge in [-0.05, 0) is 74.6 Å². The van der Waals surface area contributed by atoms with Crippen LogP contribution in [0.1, 0.15) is 61.9 Å². The second kappa shape index (κ2) is 12.9. The third kappa shape index (κ3) is 7.03. The Labute approximate surface area is 255 Å². The van der Waals surface area contributed by atoms with E-state index in [9.17, 15) is 27.9 Å². The summed E-state index contributed by atoms with van der Waals surface area (Å²) in [5.41, 5.74) is -3.98. The summed E-state index contributed by atoms with van der Waals surface area (Å²) in [7, 11) is 3.32. The summed E-state index contributed by atoms with van der Waals surface area (Å²) < 4.78 is 48.1. The summed E-state index contributed by atoms with van der Waals surface area (Å²) in [5.74, 6) is -0.262. The van der Waals surface area contributed by atoms with E-state index in [2.05, 4.69) is 16.8 Å². The van der Waals surface area contributed by atoms with Crippen LogP contribution >= 0.6 is 11.6 Å². The van der Waals surface area contributed by atoms with Crippen molar-refractivity contribution in [2.75, 3.05) is 51.8 Å². The van der Waals surface area contributed by atoms with Gasteiger partial charge < -0.3 is 24.5 Å². The Kier molecular flexibility index (Phi) is 9.85. The van der Waals surface area contributed by atoms with E-state index in [4.69, 9.17) is 16.3 Å². The number of amides is 2. The van der Waals surface area contributed by atoms with Crippen LogP contribution in [-0.2, 0) is 10.4 Å². The molecule has 2 saturated heterocycles. The van der Waals surface area contributed by atoms with Crippen LogP contribution in [0, 0.1) is 11.3 Å². The monoisotopic (exact) mass is 624 g/mol. The van der Waals surface area contributed by atoms with Gasteiger partial charge in [0.05, 0.1) is 12.2 Å². The summed E-state index contributed by atoms with van der Waals surface area (Å²) in [5, 5.41) is 11.1. The molecule has 0 unspecified atom stereocenters. The predicted octanol–water partition coefficient (Wildman–Crippen LogP) is 5.52. The maximum atomic E-state index is 14.3. The first kappa shape index (κ1) is 32.9. The van der Waals surface area contributed by atoms with E-state index < -0.39 is 23.2 Å². The molecule has 2 aliphatic rings. The molecule has 1 aromatic carbocycles. The fourth-order valence-corrected chi connectivity index (χ4v) is 6.36. The van der Waals surface area contributed by atoms with Gasteiger partial charge in [-0.1, -0.05) is 30.7 Å². The van der Waals surface area contributed by atoms with Gasteiger partial charge in [0.15, 0.2) is 0 Å². The molecule has 2 aliphatic heterocycles. The summed E-state index contributed by atoms with van der Waals surface area (Å²) in [6, 6.07) is 8.53. The van der Waals surface area contributed by atoms with E-state index in [1.807, 2.05) is 6.07 Å². The lowest BCUT2D eigenvalue weighted by atomic mass is 9.71. The molecule has 4 rings (SSSR count). The lowest BCUT2D eigenvalue weighted by molar-refractivity contribution is -0.262. The van der Waals surface area contributed by atoms with Gasteiger partial charge in [-0.2, -0.15) is 13.2 Å². The Morgan fingerprint density at radius 1 is 1.12 bits per heavy atom. The number of ether oxygens (including phenoxy) is 1. The number of benzene rings is 1. The number of halogens is 4. The Morgan fingerprint density at radius 3 is 2.33 bits per heavy atom. The minimum absolute atomic E-state index is 0.134.